The summed E-state index contributed by atoms with van der Waals surface area (Å²) >= 11 is 0. The van der Waals surface area contributed by atoms with Crippen LogP contribution in [0.15, 0.2) is 17.3 Å². The van der Waals surface area contributed by atoms with Crippen LogP contribution in [0.5, 0.6) is 0 Å². The quantitative estimate of drug-likeness (QED) is 0.430. The van der Waals surface area contributed by atoms with Gasteiger partial charge in [0.15, 0.2) is 0 Å². The van der Waals surface area contributed by atoms with E-state index in [1.54, 1.807) is 6.21 Å². The zero-order valence-electron chi connectivity index (χ0n) is 7.09. The van der Waals surface area contributed by atoms with Crippen LogP contribution in [0, 0.1) is 0 Å². The molecule has 0 aliphatic heterocycles. The van der Waals surface area contributed by atoms with Gasteiger partial charge in [-0.05, 0) is 26.3 Å². The van der Waals surface area contributed by atoms with Crippen molar-refractivity contribution < 1.29 is 0 Å². The van der Waals surface area contributed by atoms with Gasteiger partial charge in [-0.15, -0.1) is 0 Å². The molecule has 2 heteroatoms. The van der Waals surface area contributed by atoms with E-state index in [9.17, 15) is 0 Å². The first kappa shape index (κ1) is 9.21. The molecule has 0 amide bonds. The van der Waals surface area contributed by atoms with Crippen LogP contribution < -0.4 is 0 Å². The molecule has 0 aliphatic carbocycles. The molecule has 0 fully saturated rings. The number of allylic oxidation sites excluding steroid dienone is 1. The molecule has 0 spiro atoms. The number of nitrogens with zero attached hydrogens (tertiary/aromatic N) is 2. The van der Waals surface area contributed by atoms with E-state index in [0.29, 0.717) is 0 Å². The normalized spacial score (nSPS) is 10.3. The molecular weight excluding hydrogens is 124 g/mol. The summed E-state index contributed by atoms with van der Waals surface area (Å²) in [4.78, 5) is 0. The summed E-state index contributed by atoms with van der Waals surface area (Å²) in [5.74, 6) is 0. The predicted molar refractivity (Wildman–Crippen MR) is 46.2 cm³/mol. The standard InChI is InChI=1S/C8H16N2/c1-5-10(6-2)9-7-8(3)4/h7H,3,5-6H2,1-2,4H3. The van der Waals surface area contributed by atoms with Crippen LogP contribution in [0.25, 0.3) is 0 Å². The molecule has 0 aliphatic rings. The van der Waals surface area contributed by atoms with Crippen molar-refractivity contribution >= 4 is 6.21 Å². The number of hydrogen-bond donors (Lipinski definition) is 0. The maximum atomic E-state index is 4.17. The van der Waals surface area contributed by atoms with Gasteiger partial charge < -0.3 is 0 Å². The molecule has 0 saturated heterocycles. The highest BCUT2D eigenvalue weighted by Crippen LogP contribution is 1.88. The first-order valence-electron chi connectivity index (χ1n) is 3.65. The maximum absolute atomic E-state index is 4.17. The highest BCUT2D eigenvalue weighted by atomic mass is 15.4. The average molecular weight is 140 g/mol. The molecule has 2 nitrogen and oxygen atoms in total. The van der Waals surface area contributed by atoms with Crippen molar-refractivity contribution in [2.75, 3.05) is 13.1 Å². The van der Waals surface area contributed by atoms with Gasteiger partial charge in [0.2, 0.25) is 0 Å². The van der Waals surface area contributed by atoms with E-state index in [2.05, 4.69) is 25.5 Å². The van der Waals surface area contributed by atoms with E-state index in [1.807, 2.05) is 11.9 Å². The van der Waals surface area contributed by atoms with Crippen LogP contribution in [0.3, 0.4) is 0 Å². The summed E-state index contributed by atoms with van der Waals surface area (Å²) in [7, 11) is 0. The molecule has 0 rings (SSSR count). The number of hydrogen-bond acceptors (Lipinski definition) is 2. The summed E-state index contributed by atoms with van der Waals surface area (Å²) in [6.45, 7) is 11.7. The molecular formula is C8H16N2. The van der Waals surface area contributed by atoms with E-state index in [0.717, 1.165) is 18.7 Å². The van der Waals surface area contributed by atoms with E-state index >= 15 is 0 Å². The molecule has 10 heavy (non-hydrogen) atoms. The summed E-state index contributed by atoms with van der Waals surface area (Å²) in [5.41, 5.74) is 0.992. The lowest BCUT2D eigenvalue weighted by atomic mass is 10.4. The second-order valence-electron chi connectivity index (χ2n) is 2.23. The second kappa shape index (κ2) is 5.03. The predicted octanol–water partition coefficient (Wildman–Crippen LogP) is 1.89. The Morgan fingerprint density at radius 2 is 2.00 bits per heavy atom. The second-order valence-corrected chi connectivity index (χ2v) is 2.23. The van der Waals surface area contributed by atoms with Gasteiger partial charge in [-0.2, -0.15) is 5.10 Å². The van der Waals surface area contributed by atoms with Gasteiger partial charge in [0.05, 0.1) is 0 Å². The molecule has 0 unspecified atom stereocenters. The highest BCUT2D eigenvalue weighted by molar-refractivity contribution is 5.76. The van der Waals surface area contributed by atoms with Gasteiger partial charge in [0.25, 0.3) is 0 Å². The highest BCUT2D eigenvalue weighted by Gasteiger charge is 1.88. The lowest BCUT2D eigenvalue weighted by Crippen LogP contribution is -2.15. The molecule has 0 aromatic heterocycles. The fourth-order valence-electron chi connectivity index (χ4n) is 0.567. The molecule has 0 N–H and O–H groups in total. The molecule has 0 atom stereocenters. The van der Waals surface area contributed by atoms with Crippen LogP contribution in [-0.4, -0.2) is 24.3 Å². The monoisotopic (exact) mass is 140 g/mol. The Bertz CT molecular complexity index is 123. The largest absolute Gasteiger partial charge is 0.298 e. The van der Waals surface area contributed by atoms with E-state index in [4.69, 9.17) is 0 Å². The van der Waals surface area contributed by atoms with Crippen LogP contribution in [0.2, 0.25) is 0 Å². The molecule has 0 bridgehead atoms. The number of rotatable bonds is 4. The summed E-state index contributed by atoms with van der Waals surface area (Å²) in [6.07, 6.45) is 1.78. The summed E-state index contributed by atoms with van der Waals surface area (Å²) in [6, 6.07) is 0. The van der Waals surface area contributed by atoms with Crippen LogP contribution in [0.4, 0.5) is 0 Å². The first-order valence-corrected chi connectivity index (χ1v) is 3.65. The lowest BCUT2D eigenvalue weighted by Gasteiger charge is -2.12. The van der Waals surface area contributed by atoms with Crippen molar-refractivity contribution in [3.05, 3.63) is 12.2 Å². The first-order chi connectivity index (χ1) is 4.70. The molecule has 0 heterocycles. The minimum Gasteiger partial charge on any atom is -0.298 e. The van der Waals surface area contributed by atoms with E-state index in [-0.39, 0.29) is 0 Å². The Morgan fingerprint density at radius 1 is 1.50 bits per heavy atom. The van der Waals surface area contributed by atoms with Crippen molar-refractivity contribution in [2.24, 2.45) is 5.10 Å². The Balaban J connectivity index is 3.72. The molecule has 0 saturated carbocycles. The molecule has 0 aromatic carbocycles. The Morgan fingerprint density at radius 3 is 2.30 bits per heavy atom. The maximum Gasteiger partial charge on any atom is 0.0493 e. The van der Waals surface area contributed by atoms with Gasteiger partial charge in [0, 0.05) is 19.3 Å². The van der Waals surface area contributed by atoms with Crippen molar-refractivity contribution in [1.82, 2.24) is 5.01 Å². The van der Waals surface area contributed by atoms with Gasteiger partial charge in [0.1, 0.15) is 0 Å². The lowest BCUT2D eigenvalue weighted by molar-refractivity contribution is 0.323. The summed E-state index contributed by atoms with van der Waals surface area (Å²) < 4.78 is 0. The van der Waals surface area contributed by atoms with Gasteiger partial charge in [-0.3, -0.25) is 5.01 Å². The van der Waals surface area contributed by atoms with Crippen molar-refractivity contribution in [2.45, 2.75) is 20.8 Å². The topological polar surface area (TPSA) is 15.6 Å². The van der Waals surface area contributed by atoms with Crippen LogP contribution in [0.1, 0.15) is 20.8 Å². The summed E-state index contributed by atoms with van der Waals surface area (Å²) in [5, 5.41) is 6.15. The average Bonchev–Trinajstić information content (AvgIpc) is 1.90. The number of hydrazone groups is 1. The Kier molecular flexibility index (Phi) is 4.63. The molecule has 0 radical (unpaired) electrons. The minimum atomic E-state index is 0.959. The van der Waals surface area contributed by atoms with Gasteiger partial charge >= 0.3 is 0 Å². The van der Waals surface area contributed by atoms with Crippen LogP contribution in [-0.2, 0) is 0 Å². The minimum absolute atomic E-state index is 0.959. The fourth-order valence-corrected chi connectivity index (χ4v) is 0.567. The third kappa shape index (κ3) is 4.13. The smallest absolute Gasteiger partial charge is 0.0493 e. The van der Waals surface area contributed by atoms with Crippen molar-refractivity contribution in [3.8, 4) is 0 Å². The van der Waals surface area contributed by atoms with E-state index in [1.165, 1.54) is 0 Å². The van der Waals surface area contributed by atoms with Crippen LogP contribution >= 0.6 is 0 Å². The zero-order chi connectivity index (χ0) is 7.98. The van der Waals surface area contributed by atoms with Gasteiger partial charge in [-0.1, -0.05) is 6.58 Å². The SMILES string of the molecule is C=C(C)C=NN(CC)CC. The zero-order valence-corrected chi connectivity index (χ0v) is 7.09. The van der Waals surface area contributed by atoms with E-state index < -0.39 is 0 Å². The van der Waals surface area contributed by atoms with Gasteiger partial charge in [-0.25, -0.2) is 0 Å². The van der Waals surface area contributed by atoms with Crippen molar-refractivity contribution in [3.63, 3.8) is 0 Å². The Hall–Kier alpha value is -0.790. The van der Waals surface area contributed by atoms with Crippen molar-refractivity contribution in [1.29, 1.82) is 0 Å². The third-order valence-electron chi connectivity index (χ3n) is 1.17. The fraction of sp³-hybridized carbons (Fsp3) is 0.625. The molecule has 0 aromatic rings. The molecule has 58 valence electrons. The Labute approximate surface area is 63.2 Å². The third-order valence-corrected chi connectivity index (χ3v) is 1.17.